The molecule has 1 unspecified atom stereocenters. The maximum absolute atomic E-state index is 8.90. The molecule has 1 aromatic carbocycles. The Morgan fingerprint density at radius 2 is 1.80 bits per heavy atom. The molecule has 0 aliphatic carbocycles. The molecule has 0 bridgehead atoms. The van der Waals surface area contributed by atoms with Crippen molar-refractivity contribution >= 4 is 11.8 Å². The third kappa shape index (κ3) is 4.72. The molecule has 0 aromatic heterocycles. The maximum atomic E-state index is 8.90. The van der Waals surface area contributed by atoms with Gasteiger partial charge >= 0.3 is 0 Å². The lowest BCUT2D eigenvalue weighted by atomic mass is 10.2. The van der Waals surface area contributed by atoms with Crippen LogP contribution in [0.2, 0.25) is 0 Å². The van der Waals surface area contributed by atoms with Crippen molar-refractivity contribution in [1.82, 2.24) is 0 Å². The first-order valence-electron chi connectivity index (χ1n) is 5.52. The fraction of sp³-hybridized carbons (Fsp3) is 0.538. The van der Waals surface area contributed by atoms with Crippen molar-refractivity contribution in [3.63, 3.8) is 0 Å². The van der Waals surface area contributed by atoms with E-state index in [2.05, 4.69) is 26.0 Å². The molecule has 0 radical (unpaired) electrons. The summed E-state index contributed by atoms with van der Waals surface area (Å²) in [6, 6.07) is 8.21. The Hall–Kier alpha value is -0.470. The average molecular weight is 224 g/mol. The minimum Gasteiger partial charge on any atom is -0.392 e. The predicted molar refractivity (Wildman–Crippen MR) is 68.0 cm³/mol. The van der Waals surface area contributed by atoms with Crippen LogP contribution in [0.15, 0.2) is 24.3 Å². The van der Waals surface area contributed by atoms with Crippen LogP contribution < -0.4 is 0 Å². The summed E-state index contributed by atoms with van der Waals surface area (Å²) in [5.74, 6) is 3.13. The number of aliphatic hydroxyl groups is 1. The highest BCUT2D eigenvalue weighted by Crippen LogP contribution is 2.17. The summed E-state index contributed by atoms with van der Waals surface area (Å²) in [4.78, 5) is 0. The van der Waals surface area contributed by atoms with Gasteiger partial charge in [0.1, 0.15) is 0 Å². The van der Waals surface area contributed by atoms with Crippen molar-refractivity contribution in [3.8, 4) is 0 Å². The quantitative estimate of drug-likeness (QED) is 0.798. The molecule has 0 amide bonds. The molecule has 0 fully saturated rings. The second kappa shape index (κ2) is 6.91. The molecule has 1 aromatic rings. The van der Waals surface area contributed by atoms with E-state index >= 15 is 0 Å². The van der Waals surface area contributed by atoms with E-state index < -0.39 is 0 Å². The number of aliphatic hydroxyl groups excluding tert-OH is 1. The van der Waals surface area contributed by atoms with Crippen LogP contribution in [0, 0.1) is 5.92 Å². The lowest BCUT2D eigenvalue weighted by Gasteiger charge is -2.07. The number of benzene rings is 1. The first-order chi connectivity index (χ1) is 7.26. The summed E-state index contributed by atoms with van der Waals surface area (Å²) >= 11 is 1.99. The van der Waals surface area contributed by atoms with Gasteiger partial charge in [-0.3, -0.25) is 0 Å². The predicted octanol–water partition coefficient (Wildman–Crippen LogP) is 3.46. The summed E-state index contributed by atoms with van der Waals surface area (Å²) in [6.45, 7) is 4.67. The standard InChI is InChI=1S/C13H20OS/c1-3-11(2)9-15-10-13-6-4-12(8-14)5-7-13/h4-7,11,14H,3,8-10H2,1-2H3. The second-order valence-electron chi connectivity index (χ2n) is 4.00. The van der Waals surface area contributed by atoms with Gasteiger partial charge in [-0.1, -0.05) is 44.5 Å². The molecule has 0 aliphatic heterocycles. The third-order valence-electron chi connectivity index (χ3n) is 2.57. The molecule has 2 heteroatoms. The Morgan fingerprint density at radius 3 is 2.33 bits per heavy atom. The monoisotopic (exact) mass is 224 g/mol. The van der Waals surface area contributed by atoms with Crippen molar-refractivity contribution in [1.29, 1.82) is 0 Å². The van der Waals surface area contributed by atoms with Crippen molar-refractivity contribution in [2.45, 2.75) is 32.6 Å². The molecule has 0 aliphatic rings. The summed E-state index contributed by atoms with van der Waals surface area (Å²) in [5, 5.41) is 8.90. The fourth-order valence-electron chi connectivity index (χ4n) is 1.24. The zero-order chi connectivity index (χ0) is 11.1. The topological polar surface area (TPSA) is 20.2 Å². The van der Waals surface area contributed by atoms with E-state index in [-0.39, 0.29) is 6.61 Å². The van der Waals surface area contributed by atoms with E-state index in [1.807, 2.05) is 23.9 Å². The normalized spacial score (nSPS) is 12.7. The maximum Gasteiger partial charge on any atom is 0.0681 e. The summed E-state index contributed by atoms with van der Waals surface area (Å²) in [6.07, 6.45) is 1.26. The molecular formula is C13H20OS. The summed E-state index contributed by atoms with van der Waals surface area (Å²) in [5.41, 5.74) is 2.34. The molecule has 15 heavy (non-hydrogen) atoms. The van der Waals surface area contributed by atoms with E-state index in [0.29, 0.717) is 0 Å². The zero-order valence-corrected chi connectivity index (χ0v) is 10.4. The van der Waals surface area contributed by atoms with E-state index in [0.717, 1.165) is 17.2 Å². The van der Waals surface area contributed by atoms with Crippen molar-refractivity contribution < 1.29 is 5.11 Å². The van der Waals surface area contributed by atoms with E-state index in [4.69, 9.17) is 5.11 Å². The van der Waals surface area contributed by atoms with Gasteiger partial charge in [0.2, 0.25) is 0 Å². The molecule has 1 atom stereocenters. The Labute approximate surface area is 96.9 Å². The van der Waals surface area contributed by atoms with Gasteiger partial charge in [0.05, 0.1) is 6.61 Å². The minimum absolute atomic E-state index is 0.139. The number of hydrogen-bond acceptors (Lipinski definition) is 2. The van der Waals surface area contributed by atoms with Gasteiger partial charge in [0, 0.05) is 5.75 Å². The Morgan fingerprint density at radius 1 is 1.20 bits per heavy atom. The van der Waals surface area contributed by atoms with Gasteiger partial charge < -0.3 is 5.11 Å². The molecule has 84 valence electrons. The van der Waals surface area contributed by atoms with E-state index in [1.54, 1.807) is 0 Å². The minimum atomic E-state index is 0.139. The summed E-state index contributed by atoms with van der Waals surface area (Å²) < 4.78 is 0. The fourth-order valence-corrected chi connectivity index (χ4v) is 2.42. The highest BCUT2D eigenvalue weighted by atomic mass is 32.2. The van der Waals surface area contributed by atoms with Crippen molar-refractivity contribution in [2.24, 2.45) is 5.92 Å². The van der Waals surface area contributed by atoms with Gasteiger partial charge in [-0.05, 0) is 22.8 Å². The van der Waals surface area contributed by atoms with Crippen LogP contribution in [0.4, 0.5) is 0 Å². The van der Waals surface area contributed by atoms with Crippen LogP contribution in [0.1, 0.15) is 31.4 Å². The first-order valence-corrected chi connectivity index (χ1v) is 6.68. The molecule has 1 nitrogen and oxygen atoms in total. The van der Waals surface area contributed by atoms with E-state index in [9.17, 15) is 0 Å². The van der Waals surface area contributed by atoms with Gasteiger partial charge in [0.25, 0.3) is 0 Å². The summed E-state index contributed by atoms with van der Waals surface area (Å²) in [7, 11) is 0. The smallest absolute Gasteiger partial charge is 0.0681 e. The third-order valence-corrected chi connectivity index (χ3v) is 3.92. The van der Waals surface area contributed by atoms with Gasteiger partial charge in [0.15, 0.2) is 0 Å². The largest absolute Gasteiger partial charge is 0.392 e. The van der Waals surface area contributed by atoms with Gasteiger partial charge in [-0.15, -0.1) is 0 Å². The Kier molecular flexibility index (Phi) is 5.81. The molecule has 0 heterocycles. The lowest BCUT2D eigenvalue weighted by molar-refractivity contribution is 0.282. The molecular weight excluding hydrogens is 204 g/mol. The highest BCUT2D eigenvalue weighted by molar-refractivity contribution is 7.98. The lowest BCUT2D eigenvalue weighted by Crippen LogP contribution is -1.96. The SMILES string of the molecule is CCC(C)CSCc1ccc(CO)cc1. The Balaban J connectivity index is 2.31. The van der Waals surface area contributed by atoms with Crippen molar-refractivity contribution in [3.05, 3.63) is 35.4 Å². The average Bonchev–Trinajstić information content (AvgIpc) is 2.29. The molecule has 0 saturated heterocycles. The van der Waals surface area contributed by atoms with Crippen LogP contribution >= 0.6 is 11.8 Å². The number of thioether (sulfide) groups is 1. The number of rotatable bonds is 6. The molecule has 0 saturated carbocycles. The van der Waals surface area contributed by atoms with Crippen LogP contribution in [0.5, 0.6) is 0 Å². The zero-order valence-electron chi connectivity index (χ0n) is 9.57. The highest BCUT2D eigenvalue weighted by Gasteiger charge is 1.99. The van der Waals surface area contributed by atoms with Gasteiger partial charge in [-0.25, -0.2) is 0 Å². The van der Waals surface area contributed by atoms with Gasteiger partial charge in [-0.2, -0.15) is 11.8 Å². The van der Waals surface area contributed by atoms with Crippen LogP contribution in [-0.2, 0) is 12.4 Å². The van der Waals surface area contributed by atoms with Crippen LogP contribution in [0.3, 0.4) is 0 Å². The van der Waals surface area contributed by atoms with Crippen LogP contribution in [0.25, 0.3) is 0 Å². The second-order valence-corrected chi connectivity index (χ2v) is 5.03. The number of hydrogen-bond donors (Lipinski definition) is 1. The Bertz CT molecular complexity index is 268. The molecule has 1 N–H and O–H groups in total. The van der Waals surface area contributed by atoms with Crippen LogP contribution in [-0.4, -0.2) is 10.9 Å². The first kappa shape index (κ1) is 12.6. The van der Waals surface area contributed by atoms with Crippen molar-refractivity contribution in [2.75, 3.05) is 5.75 Å². The molecule has 0 spiro atoms. The molecule has 1 rings (SSSR count). The van der Waals surface area contributed by atoms with E-state index in [1.165, 1.54) is 17.7 Å².